The van der Waals surface area contributed by atoms with Crippen LogP contribution in [0.15, 0.2) is 65.7 Å². The monoisotopic (exact) mass is 366 g/mol. The number of hydrogen-bond donors (Lipinski definition) is 2. The number of rotatable bonds is 8. The molecule has 2 rings (SSSR count). The second-order valence-electron chi connectivity index (χ2n) is 6.86. The summed E-state index contributed by atoms with van der Waals surface area (Å²) in [5, 5.41) is 6.57. The third kappa shape index (κ3) is 7.94. The van der Waals surface area contributed by atoms with Gasteiger partial charge in [0.15, 0.2) is 5.96 Å². The third-order valence-corrected chi connectivity index (χ3v) is 4.26. The summed E-state index contributed by atoms with van der Waals surface area (Å²) in [4.78, 5) is 18.1. The average molecular weight is 367 g/mol. The van der Waals surface area contributed by atoms with Crippen molar-refractivity contribution < 1.29 is 4.79 Å². The molecule has 0 radical (unpaired) electrons. The minimum Gasteiger partial charge on any atom is -0.354 e. The predicted octanol–water partition coefficient (Wildman–Crippen LogP) is 2.83. The van der Waals surface area contributed by atoms with Crippen LogP contribution in [0.25, 0.3) is 0 Å². The molecule has 2 N–H and O–H groups in total. The highest BCUT2D eigenvalue weighted by Crippen LogP contribution is 2.05. The third-order valence-electron chi connectivity index (χ3n) is 4.26. The van der Waals surface area contributed by atoms with Crippen LogP contribution in [0.5, 0.6) is 0 Å². The molecule has 1 atom stereocenters. The van der Waals surface area contributed by atoms with E-state index in [4.69, 9.17) is 0 Å². The molecule has 2 aromatic carbocycles. The Bertz CT molecular complexity index is 714. The van der Waals surface area contributed by atoms with Crippen LogP contribution in [0.2, 0.25) is 0 Å². The average Bonchev–Trinajstić information content (AvgIpc) is 2.69. The molecule has 0 saturated heterocycles. The van der Waals surface area contributed by atoms with Gasteiger partial charge in [0, 0.05) is 20.1 Å². The molecule has 0 spiro atoms. The van der Waals surface area contributed by atoms with Crippen LogP contribution < -0.4 is 10.6 Å². The molecular formula is C22H30N4O. The van der Waals surface area contributed by atoms with Crippen LogP contribution in [-0.4, -0.2) is 43.4 Å². The molecule has 0 saturated carbocycles. The lowest BCUT2D eigenvalue weighted by molar-refractivity contribution is -0.127. The number of amides is 1. The van der Waals surface area contributed by atoms with Gasteiger partial charge in [-0.05, 0) is 30.9 Å². The Morgan fingerprint density at radius 3 is 2.19 bits per heavy atom. The number of hydrogen-bond acceptors (Lipinski definition) is 2. The fourth-order valence-corrected chi connectivity index (χ4v) is 2.56. The van der Waals surface area contributed by atoms with Crippen molar-refractivity contribution >= 4 is 11.9 Å². The summed E-state index contributed by atoms with van der Waals surface area (Å²) < 4.78 is 0. The standard InChI is InChI=1S/C22H30N4O/c1-18(14-15-19-10-6-4-7-11-19)25-22(24-17-21(27)26(2)3)23-16-20-12-8-5-9-13-20/h4-13,18H,14-17H2,1-3H3,(H2,23,24,25). The number of carbonyl (C=O) groups is 1. The zero-order valence-electron chi connectivity index (χ0n) is 16.5. The van der Waals surface area contributed by atoms with Crippen LogP contribution in [0.4, 0.5) is 0 Å². The summed E-state index contributed by atoms with van der Waals surface area (Å²) in [5.41, 5.74) is 2.46. The van der Waals surface area contributed by atoms with Crippen LogP contribution in [0, 0.1) is 0 Å². The summed E-state index contributed by atoms with van der Waals surface area (Å²) in [6, 6.07) is 20.8. The highest BCUT2D eigenvalue weighted by molar-refractivity contribution is 5.86. The van der Waals surface area contributed by atoms with Gasteiger partial charge in [0.05, 0.1) is 13.1 Å². The molecule has 1 unspecified atom stereocenters. The van der Waals surface area contributed by atoms with Crippen LogP contribution in [0.3, 0.4) is 0 Å². The van der Waals surface area contributed by atoms with E-state index in [0.717, 1.165) is 18.4 Å². The van der Waals surface area contributed by atoms with Crippen molar-refractivity contribution in [2.75, 3.05) is 20.6 Å². The van der Waals surface area contributed by atoms with Gasteiger partial charge in [-0.15, -0.1) is 0 Å². The van der Waals surface area contributed by atoms with E-state index in [1.807, 2.05) is 36.4 Å². The van der Waals surface area contributed by atoms with E-state index in [1.54, 1.807) is 19.0 Å². The number of benzene rings is 2. The number of carbonyl (C=O) groups excluding carboxylic acids is 1. The van der Waals surface area contributed by atoms with Gasteiger partial charge >= 0.3 is 0 Å². The van der Waals surface area contributed by atoms with E-state index >= 15 is 0 Å². The first-order chi connectivity index (χ1) is 13.0. The summed E-state index contributed by atoms with van der Waals surface area (Å²) in [7, 11) is 3.50. The fourth-order valence-electron chi connectivity index (χ4n) is 2.56. The number of aliphatic imine (C=N–C) groups is 1. The highest BCUT2D eigenvalue weighted by atomic mass is 16.2. The summed E-state index contributed by atoms with van der Waals surface area (Å²) in [6.07, 6.45) is 1.98. The molecule has 0 fully saturated rings. The number of nitrogens with zero attached hydrogens (tertiary/aromatic N) is 2. The first-order valence-corrected chi connectivity index (χ1v) is 9.37. The minimum atomic E-state index is 0.0150. The van der Waals surface area contributed by atoms with Crippen LogP contribution >= 0.6 is 0 Å². The largest absolute Gasteiger partial charge is 0.354 e. The Morgan fingerprint density at radius 2 is 1.59 bits per heavy atom. The molecule has 0 aromatic heterocycles. The van der Waals surface area contributed by atoms with Crippen molar-refractivity contribution in [2.24, 2.45) is 4.99 Å². The van der Waals surface area contributed by atoms with E-state index in [2.05, 4.69) is 46.8 Å². The van der Waals surface area contributed by atoms with Gasteiger partial charge in [-0.25, -0.2) is 4.99 Å². The minimum absolute atomic E-state index is 0.0150. The maximum atomic E-state index is 11.9. The molecule has 0 heterocycles. The van der Waals surface area contributed by atoms with E-state index in [9.17, 15) is 4.79 Å². The van der Waals surface area contributed by atoms with Gasteiger partial charge in [-0.1, -0.05) is 60.7 Å². The summed E-state index contributed by atoms with van der Waals surface area (Å²) >= 11 is 0. The second kappa shape index (κ2) is 11.0. The molecular weight excluding hydrogens is 336 g/mol. The maximum absolute atomic E-state index is 11.9. The first kappa shape index (κ1) is 20.5. The van der Waals surface area contributed by atoms with Gasteiger partial charge in [-0.3, -0.25) is 4.79 Å². The quantitative estimate of drug-likeness (QED) is 0.558. The SMILES string of the molecule is CC(CCc1ccccc1)NC(=NCc1ccccc1)NCC(=O)N(C)C. The lowest BCUT2D eigenvalue weighted by Crippen LogP contribution is -2.46. The smallest absolute Gasteiger partial charge is 0.241 e. The topological polar surface area (TPSA) is 56.7 Å². The van der Waals surface area contributed by atoms with Gasteiger partial charge in [0.1, 0.15) is 0 Å². The van der Waals surface area contributed by atoms with Gasteiger partial charge < -0.3 is 15.5 Å². The fraction of sp³-hybridized carbons (Fsp3) is 0.364. The molecule has 0 aliphatic rings. The normalized spacial score (nSPS) is 12.3. The molecule has 0 aliphatic carbocycles. The van der Waals surface area contributed by atoms with E-state index in [0.29, 0.717) is 12.5 Å². The Hall–Kier alpha value is -2.82. The van der Waals surface area contributed by atoms with E-state index in [-0.39, 0.29) is 18.5 Å². The van der Waals surface area contributed by atoms with Gasteiger partial charge in [0.2, 0.25) is 5.91 Å². The molecule has 0 bridgehead atoms. The van der Waals surface area contributed by atoms with Gasteiger partial charge in [-0.2, -0.15) is 0 Å². The highest BCUT2D eigenvalue weighted by Gasteiger charge is 2.09. The Morgan fingerprint density at radius 1 is 1.00 bits per heavy atom. The maximum Gasteiger partial charge on any atom is 0.241 e. The number of likely N-dealkylation sites (N-methyl/N-ethyl adjacent to an activating group) is 1. The van der Waals surface area contributed by atoms with Crippen LogP contribution in [0.1, 0.15) is 24.5 Å². The molecule has 144 valence electrons. The number of nitrogens with one attached hydrogen (secondary N) is 2. The Labute approximate surface area is 162 Å². The van der Waals surface area contributed by atoms with Crippen molar-refractivity contribution in [3.63, 3.8) is 0 Å². The zero-order chi connectivity index (χ0) is 19.5. The first-order valence-electron chi connectivity index (χ1n) is 9.37. The summed E-state index contributed by atoms with van der Waals surface area (Å²) in [6.45, 7) is 2.92. The van der Waals surface area contributed by atoms with Crippen molar-refractivity contribution in [2.45, 2.75) is 32.4 Å². The van der Waals surface area contributed by atoms with Crippen molar-refractivity contribution in [1.29, 1.82) is 0 Å². The van der Waals surface area contributed by atoms with E-state index in [1.165, 1.54) is 5.56 Å². The molecule has 1 amide bonds. The zero-order valence-corrected chi connectivity index (χ0v) is 16.5. The van der Waals surface area contributed by atoms with E-state index < -0.39 is 0 Å². The van der Waals surface area contributed by atoms with Crippen LogP contribution in [-0.2, 0) is 17.8 Å². The van der Waals surface area contributed by atoms with Crippen molar-refractivity contribution in [3.05, 3.63) is 71.8 Å². The molecule has 2 aromatic rings. The molecule has 5 nitrogen and oxygen atoms in total. The lowest BCUT2D eigenvalue weighted by atomic mass is 10.1. The molecule has 5 heteroatoms. The predicted molar refractivity (Wildman–Crippen MR) is 112 cm³/mol. The number of aryl methyl sites for hydroxylation is 1. The van der Waals surface area contributed by atoms with Gasteiger partial charge in [0.25, 0.3) is 0 Å². The van der Waals surface area contributed by atoms with Crippen molar-refractivity contribution in [1.82, 2.24) is 15.5 Å². The molecule has 27 heavy (non-hydrogen) atoms. The number of guanidine groups is 1. The summed E-state index contributed by atoms with van der Waals surface area (Å²) in [5.74, 6) is 0.677. The Balaban J connectivity index is 1.94. The second-order valence-corrected chi connectivity index (χ2v) is 6.86. The lowest BCUT2D eigenvalue weighted by Gasteiger charge is -2.19. The molecule has 0 aliphatic heterocycles. The Kier molecular flexibility index (Phi) is 8.36. The van der Waals surface area contributed by atoms with Crippen molar-refractivity contribution in [3.8, 4) is 0 Å².